The molecule has 2 atom stereocenters. The lowest BCUT2D eigenvalue weighted by Gasteiger charge is -2.31. The highest BCUT2D eigenvalue weighted by atomic mass is 32.1. The first-order valence-corrected chi connectivity index (χ1v) is 13.3. The number of hydrogen-bond acceptors (Lipinski definition) is 4. The minimum atomic E-state index is -0.247. The monoisotopic (exact) mass is 527 g/mol. The van der Waals surface area contributed by atoms with E-state index in [1.165, 1.54) is 17.8 Å². The molecule has 2 aliphatic heterocycles. The van der Waals surface area contributed by atoms with Gasteiger partial charge in [-0.05, 0) is 98.4 Å². The second-order valence-electron chi connectivity index (χ2n) is 9.75. The fourth-order valence-corrected chi connectivity index (χ4v) is 6.02. The smallest absolute Gasteiger partial charge is 0.174 e. The Balaban J connectivity index is 1.43. The van der Waals surface area contributed by atoms with Crippen LogP contribution in [0.2, 0.25) is 0 Å². The molecule has 2 saturated heterocycles. The maximum Gasteiger partial charge on any atom is 0.174 e. The standard InChI is InChI=1S/C30H30FN5OS/c1-20-19-26(21(2)35(20)24-8-6-22(31)7-9-24)29-28(27-5-3-4-14-32-27)33-30(38)36(29)25-12-10-23(11-13-25)34-15-17-37-18-16-34/h3-14,19,28-29H,15-18H2,1-2H3,(H,33,38). The third kappa shape index (κ3) is 4.44. The molecule has 2 unspecified atom stereocenters. The number of anilines is 2. The summed E-state index contributed by atoms with van der Waals surface area (Å²) in [6, 6.07) is 23.2. The lowest BCUT2D eigenvalue weighted by molar-refractivity contribution is 0.122. The SMILES string of the molecule is Cc1cc(C2C(c3ccccn3)NC(=S)N2c2ccc(N3CCOCC3)cc2)c(C)n1-c1ccc(F)cc1. The largest absolute Gasteiger partial charge is 0.378 e. The molecule has 2 aromatic carbocycles. The van der Waals surface area contributed by atoms with Gasteiger partial charge in [0.15, 0.2) is 5.11 Å². The van der Waals surface area contributed by atoms with Crippen molar-refractivity contribution in [2.45, 2.75) is 25.9 Å². The van der Waals surface area contributed by atoms with E-state index in [-0.39, 0.29) is 17.9 Å². The van der Waals surface area contributed by atoms with Gasteiger partial charge in [0.2, 0.25) is 0 Å². The molecule has 38 heavy (non-hydrogen) atoms. The molecule has 6 nitrogen and oxygen atoms in total. The van der Waals surface area contributed by atoms with Crippen molar-refractivity contribution in [1.29, 1.82) is 0 Å². The van der Waals surface area contributed by atoms with Gasteiger partial charge in [0, 0.05) is 47.7 Å². The number of aromatic nitrogens is 2. The summed E-state index contributed by atoms with van der Waals surface area (Å²) in [5.74, 6) is -0.247. The van der Waals surface area contributed by atoms with Crippen LogP contribution in [0.5, 0.6) is 0 Å². The number of rotatable bonds is 5. The minimum absolute atomic E-state index is 0.118. The van der Waals surface area contributed by atoms with Crippen LogP contribution in [0.3, 0.4) is 0 Å². The molecule has 1 N–H and O–H groups in total. The zero-order chi connectivity index (χ0) is 26.2. The third-order valence-corrected chi connectivity index (χ3v) is 7.79. The Kier molecular flexibility index (Phi) is 6.59. The van der Waals surface area contributed by atoms with E-state index in [4.69, 9.17) is 17.0 Å². The highest BCUT2D eigenvalue weighted by Crippen LogP contribution is 2.44. The average Bonchev–Trinajstić information content (AvgIpc) is 3.45. The fourth-order valence-electron chi connectivity index (χ4n) is 5.67. The summed E-state index contributed by atoms with van der Waals surface area (Å²) in [5, 5.41) is 4.22. The minimum Gasteiger partial charge on any atom is -0.378 e. The lowest BCUT2D eigenvalue weighted by Crippen LogP contribution is -2.36. The molecule has 8 heteroatoms. The number of ether oxygens (including phenoxy) is 1. The van der Waals surface area contributed by atoms with Crippen LogP contribution in [0.1, 0.15) is 34.7 Å². The van der Waals surface area contributed by atoms with E-state index in [1.54, 1.807) is 0 Å². The number of aryl methyl sites for hydroxylation is 1. The number of pyridine rings is 1. The van der Waals surface area contributed by atoms with Gasteiger partial charge in [0.1, 0.15) is 5.82 Å². The molecule has 2 fully saturated rings. The van der Waals surface area contributed by atoms with E-state index in [0.29, 0.717) is 5.11 Å². The number of nitrogens with one attached hydrogen (secondary N) is 1. The number of morpholine rings is 1. The van der Waals surface area contributed by atoms with Crippen molar-refractivity contribution in [1.82, 2.24) is 14.9 Å². The summed E-state index contributed by atoms with van der Waals surface area (Å²) in [6.07, 6.45) is 1.82. The van der Waals surface area contributed by atoms with Gasteiger partial charge in [-0.1, -0.05) is 6.07 Å². The molecule has 6 rings (SSSR count). The van der Waals surface area contributed by atoms with Gasteiger partial charge in [-0.15, -0.1) is 0 Å². The topological polar surface area (TPSA) is 45.6 Å². The first-order valence-electron chi connectivity index (χ1n) is 12.9. The summed E-state index contributed by atoms with van der Waals surface area (Å²) in [7, 11) is 0. The Bertz CT molecular complexity index is 1430. The van der Waals surface area contributed by atoms with Gasteiger partial charge in [-0.3, -0.25) is 4.98 Å². The van der Waals surface area contributed by atoms with Gasteiger partial charge in [-0.25, -0.2) is 4.39 Å². The highest BCUT2D eigenvalue weighted by Gasteiger charge is 2.42. The molecule has 2 aliphatic rings. The molecule has 4 aromatic rings. The summed E-state index contributed by atoms with van der Waals surface area (Å²) in [6.45, 7) is 7.48. The number of nitrogens with zero attached hydrogens (tertiary/aromatic N) is 4. The summed E-state index contributed by atoms with van der Waals surface area (Å²) in [5.41, 5.74) is 7.37. The zero-order valence-corrected chi connectivity index (χ0v) is 22.3. The maximum absolute atomic E-state index is 13.7. The Morgan fingerprint density at radius 3 is 2.29 bits per heavy atom. The van der Waals surface area contributed by atoms with Crippen LogP contribution in [-0.4, -0.2) is 41.0 Å². The maximum atomic E-state index is 13.7. The Labute approximate surface area is 227 Å². The van der Waals surface area contributed by atoms with Crippen molar-refractivity contribution in [2.24, 2.45) is 0 Å². The number of halogens is 1. The van der Waals surface area contributed by atoms with Crippen LogP contribution < -0.4 is 15.1 Å². The van der Waals surface area contributed by atoms with E-state index in [0.717, 1.165) is 60.3 Å². The predicted octanol–water partition coefficient (Wildman–Crippen LogP) is 5.64. The van der Waals surface area contributed by atoms with Crippen LogP contribution in [0, 0.1) is 19.7 Å². The van der Waals surface area contributed by atoms with Crippen molar-refractivity contribution >= 4 is 28.7 Å². The van der Waals surface area contributed by atoms with Crippen LogP contribution in [0.25, 0.3) is 5.69 Å². The quantitative estimate of drug-likeness (QED) is 0.339. The van der Waals surface area contributed by atoms with Crippen molar-refractivity contribution in [2.75, 3.05) is 36.1 Å². The Morgan fingerprint density at radius 1 is 0.921 bits per heavy atom. The van der Waals surface area contributed by atoms with Gasteiger partial charge in [0.05, 0.1) is 31.0 Å². The normalized spacial score (nSPS) is 19.6. The van der Waals surface area contributed by atoms with Gasteiger partial charge >= 0.3 is 0 Å². The highest BCUT2D eigenvalue weighted by molar-refractivity contribution is 7.80. The molecule has 0 amide bonds. The molecule has 0 saturated carbocycles. The van der Waals surface area contributed by atoms with Crippen LogP contribution in [0.4, 0.5) is 15.8 Å². The van der Waals surface area contributed by atoms with E-state index >= 15 is 0 Å². The summed E-state index contributed by atoms with van der Waals surface area (Å²) >= 11 is 5.94. The van der Waals surface area contributed by atoms with Gasteiger partial charge < -0.3 is 24.4 Å². The van der Waals surface area contributed by atoms with E-state index in [9.17, 15) is 4.39 Å². The van der Waals surface area contributed by atoms with Gasteiger partial charge in [-0.2, -0.15) is 0 Å². The van der Waals surface area contributed by atoms with E-state index in [1.807, 2.05) is 36.5 Å². The van der Waals surface area contributed by atoms with E-state index < -0.39 is 0 Å². The molecule has 194 valence electrons. The predicted molar refractivity (Wildman–Crippen MR) is 153 cm³/mol. The van der Waals surface area contributed by atoms with Crippen LogP contribution in [-0.2, 0) is 4.74 Å². The van der Waals surface area contributed by atoms with Crippen molar-refractivity contribution < 1.29 is 9.13 Å². The average molecular weight is 528 g/mol. The molecule has 4 heterocycles. The fraction of sp³-hybridized carbons (Fsp3) is 0.267. The van der Waals surface area contributed by atoms with Gasteiger partial charge in [0.25, 0.3) is 0 Å². The summed E-state index contributed by atoms with van der Waals surface area (Å²) in [4.78, 5) is 9.23. The van der Waals surface area contributed by atoms with Crippen LogP contribution in [0.15, 0.2) is 79.0 Å². The molecular weight excluding hydrogens is 497 g/mol. The molecule has 0 aliphatic carbocycles. The molecule has 0 bridgehead atoms. The zero-order valence-electron chi connectivity index (χ0n) is 21.5. The lowest BCUT2D eigenvalue weighted by atomic mass is 9.96. The second kappa shape index (κ2) is 10.2. The molecular formula is C30H30FN5OS. The second-order valence-corrected chi connectivity index (χ2v) is 10.1. The molecule has 2 aromatic heterocycles. The Hall–Kier alpha value is -3.75. The van der Waals surface area contributed by atoms with Crippen molar-refractivity contribution in [3.63, 3.8) is 0 Å². The number of thiocarbonyl (C=S) groups is 1. The number of benzene rings is 2. The number of hydrogen-bond donors (Lipinski definition) is 1. The van der Waals surface area contributed by atoms with Crippen molar-refractivity contribution in [3.05, 3.63) is 107 Å². The molecule has 0 radical (unpaired) electrons. The Morgan fingerprint density at radius 2 is 1.61 bits per heavy atom. The third-order valence-electron chi connectivity index (χ3n) is 7.48. The van der Waals surface area contributed by atoms with Crippen molar-refractivity contribution in [3.8, 4) is 5.69 Å². The first-order chi connectivity index (χ1) is 18.5. The summed E-state index contributed by atoms with van der Waals surface area (Å²) < 4.78 is 21.4. The van der Waals surface area contributed by atoms with E-state index in [2.05, 4.69) is 68.8 Å². The molecule has 0 spiro atoms. The first kappa shape index (κ1) is 24.6. The van der Waals surface area contributed by atoms with Crippen LogP contribution >= 0.6 is 12.2 Å².